The molecule has 0 spiro atoms. The van der Waals surface area contributed by atoms with Crippen LogP contribution in [-0.2, 0) is 16.4 Å². The summed E-state index contributed by atoms with van der Waals surface area (Å²) in [5, 5.41) is 10.9. The summed E-state index contributed by atoms with van der Waals surface area (Å²) in [7, 11) is -2.05. The molecule has 0 amide bonds. The number of rotatable bonds is 4. The molecule has 0 fully saturated rings. The zero-order chi connectivity index (χ0) is 18.2. The maximum absolute atomic E-state index is 13.1. The summed E-state index contributed by atoms with van der Waals surface area (Å²) >= 11 is 0. The Hall–Kier alpha value is -1.89. The van der Waals surface area contributed by atoms with Gasteiger partial charge in [-0.2, -0.15) is 4.31 Å². The standard InChI is InChI=1S/C19H23NO4S/c1-13(2)20-17(12-14-8-10-15(24-3)11-9-14)19(21)16-6-4-5-7-18(16)25(20,22)23/h4-11,13,17,19,21H,12H2,1-3H3/t17-,19-/m0/s1. The van der Waals surface area contributed by atoms with E-state index in [2.05, 4.69) is 0 Å². The molecule has 1 aliphatic rings. The molecule has 2 aromatic rings. The highest BCUT2D eigenvalue weighted by Gasteiger charge is 2.44. The van der Waals surface area contributed by atoms with Gasteiger partial charge in [-0.05, 0) is 44.0 Å². The quantitative estimate of drug-likeness (QED) is 0.909. The summed E-state index contributed by atoms with van der Waals surface area (Å²) in [5.41, 5.74) is 1.42. The Morgan fingerprint density at radius 3 is 2.36 bits per heavy atom. The molecule has 5 nitrogen and oxygen atoms in total. The van der Waals surface area contributed by atoms with Crippen molar-refractivity contribution >= 4 is 10.0 Å². The lowest BCUT2D eigenvalue weighted by molar-refractivity contribution is 0.0685. The Morgan fingerprint density at radius 2 is 1.76 bits per heavy atom. The van der Waals surface area contributed by atoms with Crippen molar-refractivity contribution in [3.8, 4) is 5.75 Å². The highest BCUT2D eigenvalue weighted by Crippen LogP contribution is 2.39. The average Bonchev–Trinajstić information content (AvgIpc) is 2.60. The normalized spacial score (nSPS) is 22.6. The summed E-state index contributed by atoms with van der Waals surface area (Å²) in [6.07, 6.45) is -0.444. The summed E-state index contributed by atoms with van der Waals surface area (Å²) in [6.45, 7) is 3.67. The number of hydrogen-bond acceptors (Lipinski definition) is 4. The first-order chi connectivity index (χ1) is 11.9. The average molecular weight is 361 g/mol. The molecule has 0 bridgehead atoms. The van der Waals surface area contributed by atoms with Crippen LogP contribution in [0.3, 0.4) is 0 Å². The van der Waals surface area contributed by atoms with Gasteiger partial charge < -0.3 is 9.84 Å². The third-order valence-corrected chi connectivity index (χ3v) is 6.77. The molecule has 0 radical (unpaired) electrons. The maximum Gasteiger partial charge on any atom is 0.244 e. The summed E-state index contributed by atoms with van der Waals surface area (Å²) in [6, 6.07) is 13.4. The molecule has 0 aromatic heterocycles. The van der Waals surface area contributed by atoms with Crippen molar-refractivity contribution in [1.82, 2.24) is 4.31 Å². The van der Waals surface area contributed by atoms with E-state index in [9.17, 15) is 13.5 Å². The molecule has 0 unspecified atom stereocenters. The number of nitrogens with zero attached hydrogens (tertiary/aromatic N) is 1. The molecule has 1 N–H and O–H groups in total. The number of methoxy groups -OCH3 is 1. The Bertz CT molecular complexity index is 846. The van der Waals surface area contributed by atoms with E-state index in [1.165, 1.54) is 4.31 Å². The first-order valence-electron chi connectivity index (χ1n) is 8.29. The molecule has 1 aliphatic heterocycles. The number of hydrogen-bond donors (Lipinski definition) is 1. The SMILES string of the molecule is COc1ccc(C[C@H]2[C@@H](O)c3ccccc3S(=O)(=O)N2C(C)C)cc1. The molecular formula is C19H23NO4S. The summed E-state index contributed by atoms with van der Waals surface area (Å²) < 4.78 is 32.8. The van der Waals surface area contributed by atoms with Crippen LogP contribution in [0.1, 0.15) is 31.1 Å². The van der Waals surface area contributed by atoms with Crippen LogP contribution in [0.5, 0.6) is 5.75 Å². The molecule has 2 aromatic carbocycles. The van der Waals surface area contributed by atoms with E-state index in [0.29, 0.717) is 12.0 Å². The van der Waals surface area contributed by atoms with Crippen LogP contribution in [0.15, 0.2) is 53.4 Å². The number of aliphatic hydroxyl groups excluding tert-OH is 1. The lowest BCUT2D eigenvalue weighted by atomic mass is 9.95. The fourth-order valence-corrected chi connectivity index (χ4v) is 5.53. The Kier molecular flexibility index (Phi) is 4.86. The van der Waals surface area contributed by atoms with Crippen LogP contribution in [0.2, 0.25) is 0 Å². The lowest BCUT2D eigenvalue weighted by Gasteiger charge is -2.41. The Labute approximate surface area is 148 Å². The van der Waals surface area contributed by atoms with E-state index in [0.717, 1.165) is 11.3 Å². The van der Waals surface area contributed by atoms with Gasteiger partial charge in [0.1, 0.15) is 5.75 Å². The maximum atomic E-state index is 13.1. The van der Waals surface area contributed by atoms with Crippen LogP contribution in [0.4, 0.5) is 0 Å². The van der Waals surface area contributed by atoms with E-state index in [-0.39, 0.29) is 10.9 Å². The van der Waals surface area contributed by atoms with Gasteiger partial charge in [0, 0.05) is 11.6 Å². The van der Waals surface area contributed by atoms with Crippen molar-refractivity contribution in [1.29, 1.82) is 0 Å². The number of aliphatic hydroxyl groups is 1. The highest BCUT2D eigenvalue weighted by atomic mass is 32.2. The number of sulfonamides is 1. The van der Waals surface area contributed by atoms with Gasteiger partial charge in [0.2, 0.25) is 10.0 Å². The molecule has 0 saturated heterocycles. The molecule has 134 valence electrons. The highest BCUT2D eigenvalue weighted by molar-refractivity contribution is 7.89. The lowest BCUT2D eigenvalue weighted by Crippen LogP contribution is -2.52. The zero-order valence-electron chi connectivity index (χ0n) is 14.6. The molecule has 0 saturated carbocycles. The fraction of sp³-hybridized carbons (Fsp3) is 0.368. The largest absolute Gasteiger partial charge is 0.497 e. The molecule has 2 atom stereocenters. The molecule has 1 heterocycles. The number of benzene rings is 2. The van der Waals surface area contributed by atoms with Gasteiger partial charge in [0.25, 0.3) is 0 Å². The van der Waals surface area contributed by atoms with Crippen molar-refractivity contribution < 1.29 is 18.3 Å². The Morgan fingerprint density at radius 1 is 1.12 bits per heavy atom. The van der Waals surface area contributed by atoms with Crippen LogP contribution in [0, 0.1) is 0 Å². The van der Waals surface area contributed by atoms with Crippen LogP contribution < -0.4 is 4.74 Å². The van der Waals surface area contributed by atoms with Crippen LogP contribution in [0.25, 0.3) is 0 Å². The number of ether oxygens (including phenoxy) is 1. The first kappa shape index (κ1) is 17.9. The number of fused-ring (bicyclic) bond motifs is 1. The molecule has 6 heteroatoms. The van der Waals surface area contributed by atoms with Gasteiger partial charge in [0.05, 0.1) is 24.2 Å². The minimum Gasteiger partial charge on any atom is -0.497 e. The minimum absolute atomic E-state index is 0.196. The van der Waals surface area contributed by atoms with Crippen LogP contribution >= 0.6 is 0 Å². The predicted octanol–water partition coefficient (Wildman–Crippen LogP) is 2.75. The second kappa shape index (κ2) is 6.78. The van der Waals surface area contributed by atoms with E-state index in [1.807, 2.05) is 38.1 Å². The van der Waals surface area contributed by atoms with Gasteiger partial charge in [0.15, 0.2) is 0 Å². The van der Waals surface area contributed by atoms with Gasteiger partial charge in [-0.15, -0.1) is 0 Å². The van der Waals surface area contributed by atoms with Crippen LogP contribution in [-0.4, -0.2) is 37.0 Å². The van der Waals surface area contributed by atoms with Gasteiger partial charge in [-0.3, -0.25) is 0 Å². The third-order valence-electron chi connectivity index (χ3n) is 4.60. The third kappa shape index (κ3) is 3.17. The molecule has 0 aliphatic carbocycles. The van der Waals surface area contributed by atoms with Crippen molar-refractivity contribution in [3.63, 3.8) is 0 Å². The second-order valence-electron chi connectivity index (χ2n) is 6.53. The van der Waals surface area contributed by atoms with Gasteiger partial charge in [-0.1, -0.05) is 30.3 Å². The fourth-order valence-electron chi connectivity index (χ4n) is 3.46. The summed E-state index contributed by atoms with van der Waals surface area (Å²) in [4.78, 5) is 0.196. The zero-order valence-corrected chi connectivity index (χ0v) is 15.4. The van der Waals surface area contributed by atoms with E-state index in [4.69, 9.17) is 4.74 Å². The second-order valence-corrected chi connectivity index (χ2v) is 8.34. The molecular weight excluding hydrogens is 338 g/mol. The topological polar surface area (TPSA) is 66.8 Å². The van der Waals surface area contributed by atoms with Crippen molar-refractivity contribution in [2.24, 2.45) is 0 Å². The van der Waals surface area contributed by atoms with Gasteiger partial charge >= 0.3 is 0 Å². The van der Waals surface area contributed by atoms with Crippen molar-refractivity contribution in [3.05, 3.63) is 59.7 Å². The van der Waals surface area contributed by atoms with Crippen molar-refractivity contribution in [2.75, 3.05) is 7.11 Å². The first-order valence-corrected chi connectivity index (χ1v) is 9.73. The smallest absolute Gasteiger partial charge is 0.244 e. The van der Waals surface area contributed by atoms with E-state index in [1.54, 1.807) is 31.4 Å². The van der Waals surface area contributed by atoms with Gasteiger partial charge in [-0.25, -0.2) is 8.42 Å². The predicted molar refractivity (Wildman–Crippen MR) is 96.0 cm³/mol. The van der Waals surface area contributed by atoms with E-state index < -0.39 is 22.2 Å². The van der Waals surface area contributed by atoms with E-state index >= 15 is 0 Å². The summed E-state index contributed by atoms with van der Waals surface area (Å²) in [5.74, 6) is 0.742. The minimum atomic E-state index is -3.65. The Balaban J connectivity index is 2.04. The monoisotopic (exact) mass is 361 g/mol. The van der Waals surface area contributed by atoms with Crippen molar-refractivity contribution in [2.45, 2.75) is 43.4 Å². The molecule has 25 heavy (non-hydrogen) atoms. The molecule has 3 rings (SSSR count).